The summed E-state index contributed by atoms with van der Waals surface area (Å²) >= 11 is 0. The standard InChI is InChI=1S/C16H25NO/c1-11-7-8-16(9-12(11)2)18-15-6-4-5-14(10-15)13(3)17/h4-6,10-13,16H,7-9,17H2,1-3H3/t11?,12?,13-,16?/m0/s1. The highest BCUT2D eigenvalue weighted by Gasteiger charge is 2.25. The van der Waals surface area contributed by atoms with E-state index in [1.807, 2.05) is 19.1 Å². The first kappa shape index (κ1) is 13.4. The number of hydrogen-bond acceptors (Lipinski definition) is 2. The van der Waals surface area contributed by atoms with E-state index in [9.17, 15) is 0 Å². The Balaban J connectivity index is 1.99. The topological polar surface area (TPSA) is 35.2 Å². The van der Waals surface area contributed by atoms with Gasteiger partial charge in [0.2, 0.25) is 0 Å². The van der Waals surface area contributed by atoms with Crippen molar-refractivity contribution >= 4 is 0 Å². The minimum atomic E-state index is 0.0684. The first-order chi connectivity index (χ1) is 8.56. The number of nitrogens with two attached hydrogens (primary N) is 1. The number of rotatable bonds is 3. The van der Waals surface area contributed by atoms with Gasteiger partial charge < -0.3 is 10.5 Å². The van der Waals surface area contributed by atoms with E-state index in [1.165, 1.54) is 19.3 Å². The van der Waals surface area contributed by atoms with Gasteiger partial charge in [0.25, 0.3) is 0 Å². The lowest BCUT2D eigenvalue weighted by Gasteiger charge is -2.32. The molecule has 0 saturated heterocycles. The monoisotopic (exact) mass is 247 g/mol. The van der Waals surface area contributed by atoms with Crippen molar-refractivity contribution in [3.05, 3.63) is 29.8 Å². The molecule has 2 nitrogen and oxygen atoms in total. The summed E-state index contributed by atoms with van der Waals surface area (Å²) in [6.07, 6.45) is 4.00. The van der Waals surface area contributed by atoms with E-state index in [0.717, 1.165) is 23.1 Å². The molecule has 0 heterocycles. The van der Waals surface area contributed by atoms with Crippen molar-refractivity contribution in [2.75, 3.05) is 0 Å². The Bertz CT molecular complexity index is 388. The molecule has 0 amide bonds. The van der Waals surface area contributed by atoms with Crippen molar-refractivity contribution < 1.29 is 4.74 Å². The van der Waals surface area contributed by atoms with Crippen LogP contribution in [0.5, 0.6) is 5.75 Å². The predicted octanol–water partition coefficient (Wildman–Crippen LogP) is 3.91. The van der Waals surface area contributed by atoms with E-state index in [4.69, 9.17) is 10.5 Å². The summed E-state index contributed by atoms with van der Waals surface area (Å²) in [6.45, 7) is 6.68. The van der Waals surface area contributed by atoms with Crippen LogP contribution in [0.25, 0.3) is 0 Å². The highest BCUT2D eigenvalue weighted by molar-refractivity contribution is 5.30. The van der Waals surface area contributed by atoms with E-state index in [0.29, 0.717) is 6.10 Å². The van der Waals surface area contributed by atoms with Crippen molar-refractivity contribution in [1.29, 1.82) is 0 Å². The minimum absolute atomic E-state index is 0.0684. The van der Waals surface area contributed by atoms with Crippen LogP contribution in [0.4, 0.5) is 0 Å². The van der Waals surface area contributed by atoms with Gasteiger partial charge in [0, 0.05) is 6.04 Å². The molecule has 3 unspecified atom stereocenters. The Hall–Kier alpha value is -1.02. The second-order valence-electron chi connectivity index (χ2n) is 5.87. The molecular formula is C16H25NO. The first-order valence-electron chi connectivity index (χ1n) is 7.08. The molecule has 4 atom stereocenters. The first-order valence-corrected chi connectivity index (χ1v) is 7.08. The lowest BCUT2D eigenvalue weighted by Crippen LogP contribution is -2.28. The molecule has 2 N–H and O–H groups in total. The van der Waals surface area contributed by atoms with Crippen molar-refractivity contribution in [2.24, 2.45) is 17.6 Å². The largest absolute Gasteiger partial charge is 0.490 e. The van der Waals surface area contributed by atoms with Gasteiger partial charge in [-0.25, -0.2) is 0 Å². The Kier molecular flexibility index (Phi) is 4.28. The fourth-order valence-electron chi connectivity index (χ4n) is 2.67. The fraction of sp³-hybridized carbons (Fsp3) is 0.625. The molecule has 2 rings (SSSR count). The second-order valence-corrected chi connectivity index (χ2v) is 5.87. The van der Waals surface area contributed by atoms with Crippen LogP contribution in [-0.4, -0.2) is 6.10 Å². The molecule has 0 aliphatic heterocycles. The van der Waals surface area contributed by atoms with Gasteiger partial charge in [0.05, 0.1) is 6.10 Å². The molecule has 1 aliphatic carbocycles. The maximum Gasteiger partial charge on any atom is 0.120 e. The van der Waals surface area contributed by atoms with Crippen LogP contribution in [0.15, 0.2) is 24.3 Å². The third kappa shape index (κ3) is 3.26. The zero-order valence-corrected chi connectivity index (χ0v) is 11.7. The van der Waals surface area contributed by atoms with Crippen LogP contribution >= 0.6 is 0 Å². The summed E-state index contributed by atoms with van der Waals surface area (Å²) in [6, 6.07) is 8.27. The van der Waals surface area contributed by atoms with E-state index in [1.54, 1.807) is 0 Å². The summed E-state index contributed by atoms with van der Waals surface area (Å²) in [5.74, 6) is 2.57. The molecule has 18 heavy (non-hydrogen) atoms. The lowest BCUT2D eigenvalue weighted by atomic mass is 9.80. The Morgan fingerprint density at radius 3 is 2.67 bits per heavy atom. The van der Waals surface area contributed by atoms with Crippen molar-refractivity contribution in [3.63, 3.8) is 0 Å². The third-order valence-electron chi connectivity index (χ3n) is 4.24. The molecule has 1 aliphatic rings. The predicted molar refractivity (Wildman–Crippen MR) is 75.6 cm³/mol. The number of benzene rings is 1. The van der Waals surface area contributed by atoms with Crippen molar-refractivity contribution in [1.82, 2.24) is 0 Å². The van der Waals surface area contributed by atoms with Crippen LogP contribution in [0.1, 0.15) is 51.6 Å². The summed E-state index contributed by atoms with van der Waals surface area (Å²) in [5.41, 5.74) is 7.04. The van der Waals surface area contributed by atoms with Gasteiger partial charge in [-0.2, -0.15) is 0 Å². The van der Waals surface area contributed by atoms with Crippen LogP contribution in [0, 0.1) is 11.8 Å². The summed E-state index contributed by atoms with van der Waals surface area (Å²) < 4.78 is 6.11. The van der Waals surface area contributed by atoms with E-state index >= 15 is 0 Å². The quantitative estimate of drug-likeness (QED) is 0.879. The molecule has 0 aromatic heterocycles. The van der Waals surface area contributed by atoms with Gasteiger partial charge in [-0.1, -0.05) is 26.0 Å². The smallest absolute Gasteiger partial charge is 0.120 e. The zero-order chi connectivity index (χ0) is 13.1. The van der Waals surface area contributed by atoms with Gasteiger partial charge in [-0.15, -0.1) is 0 Å². The van der Waals surface area contributed by atoms with Gasteiger partial charge >= 0.3 is 0 Å². The Morgan fingerprint density at radius 2 is 2.00 bits per heavy atom. The van der Waals surface area contributed by atoms with Gasteiger partial charge in [-0.05, 0) is 55.7 Å². The van der Waals surface area contributed by atoms with E-state index < -0.39 is 0 Å². The average molecular weight is 247 g/mol. The van der Waals surface area contributed by atoms with Crippen LogP contribution in [-0.2, 0) is 0 Å². The Labute approximate surface area is 111 Å². The molecule has 100 valence electrons. The maximum atomic E-state index is 6.11. The second kappa shape index (κ2) is 5.75. The molecule has 1 saturated carbocycles. The Morgan fingerprint density at radius 1 is 1.22 bits per heavy atom. The summed E-state index contributed by atoms with van der Waals surface area (Å²) in [4.78, 5) is 0. The fourth-order valence-corrected chi connectivity index (χ4v) is 2.67. The van der Waals surface area contributed by atoms with Crippen LogP contribution in [0.2, 0.25) is 0 Å². The van der Waals surface area contributed by atoms with Gasteiger partial charge in [-0.3, -0.25) is 0 Å². The van der Waals surface area contributed by atoms with Crippen molar-refractivity contribution in [2.45, 2.75) is 52.2 Å². The van der Waals surface area contributed by atoms with Gasteiger partial charge in [0.15, 0.2) is 0 Å². The maximum absolute atomic E-state index is 6.11. The molecule has 1 aromatic rings. The SMILES string of the molecule is CC1CCC(Oc2cccc([C@H](C)N)c2)CC1C. The lowest BCUT2D eigenvalue weighted by molar-refractivity contribution is 0.100. The number of hydrogen-bond donors (Lipinski definition) is 1. The van der Waals surface area contributed by atoms with E-state index in [-0.39, 0.29) is 6.04 Å². The van der Waals surface area contributed by atoms with Crippen molar-refractivity contribution in [3.8, 4) is 5.75 Å². The summed E-state index contributed by atoms with van der Waals surface area (Å²) in [7, 11) is 0. The molecular weight excluding hydrogens is 222 g/mol. The minimum Gasteiger partial charge on any atom is -0.490 e. The third-order valence-corrected chi connectivity index (χ3v) is 4.24. The van der Waals surface area contributed by atoms with E-state index in [2.05, 4.69) is 26.0 Å². The van der Waals surface area contributed by atoms with Gasteiger partial charge in [0.1, 0.15) is 5.75 Å². The van der Waals surface area contributed by atoms with Crippen LogP contribution in [0.3, 0.4) is 0 Å². The molecule has 2 heteroatoms. The van der Waals surface area contributed by atoms with Crippen LogP contribution < -0.4 is 10.5 Å². The molecule has 1 aromatic carbocycles. The molecule has 0 bridgehead atoms. The number of ether oxygens (including phenoxy) is 1. The highest BCUT2D eigenvalue weighted by atomic mass is 16.5. The summed E-state index contributed by atoms with van der Waals surface area (Å²) in [5, 5.41) is 0. The molecule has 0 radical (unpaired) electrons. The highest BCUT2D eigenvalue weighted by Crippen LogP contribution is 2.32. The average Bonchev–Trinajstić information content (AvgIpc) is 2.34. The normalized spacial score (nSPS) is 29.9. The molecule has 1 fully saturated rings. The molecule has 0 spiro atoms. The zero-order valence-electron chi connectivity index (χ0n) is 11.7.